The average molecular weight is 225 g/mol. The Morgan fingerprint density at radius 3 is 2.13 bits per heavy atom. The van der Waals surface area contributed by atoms with Crippen LogP contribution in [0.5, 0.6) is 0 Å². The molecule has 15 heavy (non-hydrogen) atoms. The maximum Gasteiger partial charge on any atom is 0.411 e. The molecule has 1 aliphatic rings. The van der Waals surface area contributed by atoms with Crippen LogP contribution in [0.25, 0.3) is 0 Å². The van der Waals surface area contributed by atoms with Crippen LogP contribution in [0.4, 0.5) is 13.2 Å². The third kappa shape index (κ3) is 2.05. The zero-order chi connectivity index (χ0) is 11.9. The third-order valence-corrected chi connectivity index (χ3v) is 2.50. The van der Waals surface area contributed by atoms with Gasteiger partial charge in [0.25, 0.3) is 0 Å². The SMILES string of the molecule is CC(=O)NC1(C(F)(F)F)CC(C(=O)O)C1. The second-order valence-electron chi connectivity index (χ2n) is 3.70. The van der Waals surface area contributed by atoms with Crippen molar-refractivity contribution in [2.75, 3.05) is 0 Å². The van der Waals surface area contributed by atoms with Crippen molar-refractivity contribution in [3.8, 4) is 0 Å². The number of nitrogens with one attached hydrogen (secondary N) is 1. The van der Waals surface area contributed by atoms with Gasteiger partial charge in [-0.1, -0.05) is 0 Å². The van der Waals surface area contributed by atoms with Crippen molar-refractivity contribution in [3.05, 3.63) is 0 Å². The molecular weight excluding hydrogens is 215 g/mol. The summed E-state index contributed by atoms with van der Waals surface area (Å²) in [6, 6.07) is 0. The molecule has 1 saturated carbocycles. The number of carbonyl (C=O) groups excluding carboxylic acids is 1. The number of carboxylic acids is 1. The normalized spacial score (nSPS) is 30.5. The van der Waals surface area contributed by atoms with Gasteiger partial charge in [0, 0.05) is 6.92 Å². The lowest BCUT2D eigenvalue weighted by Gasteiger charge is -2.46. The van der Waals surface area contributed by atoms with Crippen molar-refractivity contribution in [3.63, 3.8) is 0 Å². The summed E-state index contributed by atoms with van der Waals surface area (Å²) in [6.45, 7) is 0.974. The van der Waals surface area contributed by atoms with Gasteiger partial charge in [0.15, 0.2) is 0 Å². The summed E-state index contributed by atoms with van der Waals surface area (Å²) in [4.78, 5) is 21.0. The molecule has 1 aliphatic carbocycles. The molecule has 0 aromatic carbocycles. The van der Waals surface area contributed by atoms with Gasteiger partial charge < -0.3 is 10.4 Å². The summed E-state index contributed by atoms with van der Waals surface area (Å²) >= 11 is 0. The first-order valence-corrected chi connectivity index (χ1v) is 4.26. The van der Waals surface area contributed by atoms with Crippen LogP contribution >= 0.6 is 0 Å². The predicted octanol–water partition coefficient (Wildman–Crippen LogP) is 0.918. The fourth-order valence-corrected chi connectivity index (χ4v) is 1.70. The molecule has 7 heteroatoms. The van der Waals surface area contributed by atoms with Crippen molar-refractivity contribution in [2.24, 2.45) is 5.92 Å². The van der Waals surface area contributed by atoms with Crippen molar-refractivity contribution >= 4 is 11.9 Å². The molecule has 0 aromatic heterocycles. The van der Waals surface area contributed by atoms with Crippen LogP contribution in [0.15, 0.2) is 0 Å². The number of amides is 1. The van der Waals surface area contributed by atoms with E-state index in [1.54, 1.807) is 5.32 Å². The van der Waals surface area contributed by atoms with E-state index >= 15 is 0 Å². The lowest BCUT2D eigenvalue weighted by Crippen LogP contribution is -2.66. The molecule has 0 atom stereocenters. The van der Waals surface area contributed by atoms with Crippen molar-refractivity contribution in [2.45, 2.75) is 31.5 Å². The molecule has 0 aliphatic heterocycles. The van der Waals surface area contributed by atoms with Gasteiger partial charge >= 0.3 is 12.1 Å². The van der Waals surface area contributed by atoms with Crippen LogP contribution in [0.3, 0.4) is 0 Å². The largest absolute Gasteiger partial charge is 0.481 e. The predicted molar refractivity (Wildman–Crippen MR) is 43.0 cm³/mol. The van der Waals surface area contributed by atoms with Gasteiger partial charge in [-0.05, 0) is 12.8 Å². The lowest BCUT2D eigenvalue weighted by atomic mass is 9.67. The Labute approximate surface area is 83.5 Å². The molecule has 86 valence electrons. The van der Waals surface area contributed by atoms with Gasteiger partial charge in [0.1, 0.15) is 5.54 Å². The molecule has 4 nitrogen and oxygen atoms in total. The van der Waals surface area contributed by atoms with Crippen LogP contribution < -0.4 is 5.32 Å². The highest BCUT2D eigenvalue weighted by molar-refractivity contribution is 5.76. The fraction of sp³-hybridized carbons (Fsp3) is 0.750. The minimum absolute atomic E-state index is 0.592. The molecule has 2 N–H and O–H groups in total. The summed E-state index contributed by atoms with van der Waals surface area (Å²) in [7, 11) is 0. The smallest absolute Gasteiger partial charge is 0.411 e. The topological polar surface area (TPSA) is 66.4 Å². The van der Waals surface area contributed by atoms with Crippen LogP contribution in [0.2, 0.25) is 0 Å². The number of hydrogen-bond donors (Lipinski definition) is 2. The van der Waals surface area contributed by atoms with Gasteiger partial charge in [-0.15, -0.1) is 0 Å². The Morgan fingerprint density at radius 2 is 1.87 bits per heavy atom. The van der Waals surface area contributed by atoms with E-state index < -0.39 is 42.4 Å². The molecule has 1 amide bonds. The maximum absolute atomic E-state index is 12.5. The van der Waals surface area contributed by atoms with E-state index in [-0.39, 0.29) is 0 Å². The number of alkyl halides is 3. The van der Waals surface area contributed by atoms with E-state index in [2.05, 4.69) is 0 Å². The molecule has 0 aromatic rings. The highest BCUT2D eigenvalue weighted by Gasteiger charge is 2.64. The first-order valence-electron chi connectivity index (χ1n) is 4.26. The minimum atomic E-state index is -4.61. The van der Waals surface area contributed by atoms with Crippen molar-refractivity contribution in [1.82, 2.24) is 5.32 Å². The standard InChI is InChI=1S/C8H10F3NO3/c1-4(13)12-7(8(9,10)11)2-5(3-7)6(14)15/h5H,2-3H2,1H3,(H,12,13)(H,14,15). The Morgan fingerprint density at radius 1 is 1.40 bits per heavy atom. The summed E-state index contributed by atoms with van der Waals surface area (Å²) in [6.07, 6.45) is -5.79. The molecule has 0 saturated heterocycles. The van der Waals surface area contributed by atoms with Gasteiger partial charge in [-0.3, -0.25) is 9.59 Å². The van der Waals surface area contributed by atoms with Crippen LogP contribution in [-0.4, -0.2) is 28.7 Å². The summed E-state index contributed by atoms with van der Waals surface area (Å²) in [5, 5.41) is 10.3. The zero-order valence-corrected chi connectivity index (χ0v) is 7.89. The third-order valence-electron chi connectivity index (χ3n) is 2.50. The fourth-order valence-electron chi connectivity index (χ4n) is 1.70. The molecule has 0 bridgehead atoms. The van der Waals surface area contributed by atoms with E-state index in [4.69, 9.17) is 5.11 Å². The maximum atomic E-state index is 12.5. The minimum Gasteiger partial charge on any atom is -0.481 e. The first kappa shape index (κ1) is 11.8. The number of hydrogen-bond acceptors (Lipinski definition) is 2. The lowest BCUT2D eigenvalue weighted by molar-refractivity contribution is -0.231. The molecule has 0 heterocycles. The molecule has 1 rings (SSSR count). The van der Waals surface area contributed by atoms with Gasteiger partial charge in [-0.25, -0.2) is 0 Å². The van der Waals surface area contributed by atoms with E-state index in [9.17, 15) is 22.8 Å². The molecule has 0 unspecified atom stereocenters. The van der Waals surface area contributed by atoms with Crippen LogP contribution in [0, 0.1) is 5.92 Å². The molecular formula is C8H10F3NO3. The quantitative estimate of drug-likeness (QED) is 0.734. The number of carbonyl (C=O) groups is 2. The molecule has 0 radical (unpaired) electrons. The van der Waals surface area contributed by atoms with Crippen LogP contribution in [-0.2, 0) is 9.59 Å². The first-order chi connectivity index (χ1) is 6.68. The number of rotatable bonds is 2. The molecule has 1 fully saturated rings. The van der Waals surface area contributed by atoms with Gasteiger partial charge in [-0.2, -0.15) is 13.2 Å². The summed E-state index contributed by atoms with van der Waals surface area (Å²) in [5.74, 6) is -3.10. The van der Waals surface area contributed by atoms with Gasteiger partial charge in [0.05, 0.1) is 5.92 Å². The van der Waals surface area contributed by atoms with E-state index in [0.717, 1.165) is 6.92 Å². The Kier molecular flexibility index (Phi) is 2.67. The Balaban J connectivity index is 2.76. The molecule has 0 spiro atoms. The number of carboxylic acid groups (broad SMARTS) is 1. The number of halogens is 3. The zero-order valence-electron chi connectivity index (χ0n) is 7.89. The Hall–Kier alpha value is -1.27. The van der Waals surface area contributed by atoms with E-state index in [1.807, 2.05) is 0 Å². The highest BCUT2D eigenvalue weighted by atomic mass is 19.4. The number of aliphatic carboxylic acids is 1. The van der Waals surface area contributed by atoms with E-state index in [0.29, 0.717) is 0 Å². The summed E-state index contributed by atoms with van der Waals surface area (Å²) in [5.41, 5.74) is -2.35. The average Bonchev–Trinajstić information content (AvgIpc) is 1.91. The van der Waals surface area contributed by atoms with Crippen molar-refractivity contribution in [1.29, 1.82) is 0 Å². The second kappa shape index (κ2) is 3.39. The van der Waals surface area contributed by atoms with Gasteiger partial charge in [0.2, 0.25) is 5.91 Å². The van der Waals surface area contributed by atoms with Crippen LogP contribution in [0.1, 0.15) is 19.8 Å². The van der Waals surface area contributed by atoms with Crippen molar-refractivity contribution < 1.29 is 27.9 Å². The highest BCUT2D eigenvalue weighted by Crippen LogP contribution is 2.48. The Bertz CT molecular complexity index is 294. The summed E-state index contributed by atoms with van der Waals surface area (Å²) < 4.78 is 37.6. The second-order valence-corrected chi connectivity index (χ2v) is 3.70. The van der Waals surface area contributed by atoms with E-state index in [1.165, 1.54) is 0 Å². The monoisotopic (exact) mass is 225 g/mol.